The zero-order chi connectivity index (χ0) is 14.4. The number of piperidine rings is 2. The number of nitrogens with zero attached hydrogens (tertiary/aromatic N) is 2. The number of fused-ring (bicyclic) bond motifs is 1. The van der Waals surface area contributed by atoms with Crippen LogP contribution in [-0.2, 0) is 0 Å². The minimum Gasteiger partial charge on any atom is -0.315 e. The van der Waals surface area contributed by atoms with Gasteiger partial charge in [0.15, 0.2) is 0 Å². The molecule has 0 radical (unpaired) electrons. The minimum atomic E-state index is 0.636. The van der Waals surface area contributed by atoms with Gasteiger partial charge in [0.05, 0.1) is 0 Å². The second-order valence-electron chi connectivity index (χ2n) is 7.21. The summed E-state index contributed by atoms with van der Waals surface area (Å²) >= 11 is 0. The highest BCUT2D eigenvalue weighted by atomic mass is 15.2. The predicted molar refractivity (Wildman–Crippen MR) is 87.2 cm³/mol. The molecule has 20 heavy (non-hydrogen) atoms. The molecule has 0 bridgehead atoms. The molecule has 0 aromatic carbocycles. The first-order valence-electron chi connectivity index (χ1n) is 8.83. The number of rotatable bonds is 7. The van der Waals surface area contributed by atoms with Crippen LogP contribution in [0.4, 0.5) is 0 Å². The van der Waals surface area contributed by atoms with Gasteiger partial charge < -0.3 is 15.1 Å². The molecule has 0 amide bonds. The topological polar surface area (TPSA) is 18.5 Å². The van der Waals surface area contributed by atoms with Crippen molar-refractivity contribution in [3.8, 4) is 0 Å². The SMILES string of the molecule is CC(C)NCCCCCN1CCC2C(CCCN2C)C1. The van der Waals surface area contributed by atoms with E-state index in [-0.39, 0.29) is 0 Å². The lowest BCUT2D eigenvalue weighted by Crippen LogP contribution is -2.52. The van der Waals surface area contributed by atoms with Crippen LogP contribution in [0.5, 0.6) is 0 Å². The molecule has 0 saturated carbocycles. The van der Waals surface area contributed by atoms with Gasteiger partial charge in [0.2, 0.25) is 0 Å². The first-order chi connectivity index (χ1) is 9.66. The largest absolute Gasteiger partial charge is 0.315 e. The molecule has 2 rings (SSSR count). The van der Waals surface area contributed by atoms with Crippen LogP contribution in [0, 0.1) is 5.92 Å². The Morgan fingerprint density at radius 1 is 1.10 bits per heavy atom. The van der Waals surface area contributed by atoms with Crippen molar-refractivity contribution in [2.24, 2.45) is 5.92 Å². The van der Waals surface area contributed by atoms with E-state index in [1.165, 1.54) is 71.2 Å². The average molecular weight is 281 g/mol. The quantitative estimate of drug-likeness (QED) is 0.724. The summed E-state index contributed by atoms with van der Waals surface area (Å²) in [5.41, 5.74) is 0. The second kappa shape index (κ2) is 8.35. The van der Waals surface area contributed by atoms with Crippen LogP contribution in [0.2, 0.25) is 0 Å². The van der Waals surface area contributed by atoms with Crippen molar-refractivity contribution in [2.45, 2.75) is 64.5 Å². The van der Waals surface area contributed by atoms with Crippen LogP contribution in [0.1, 0.15) is 52.4 Å². The Bertz CT molecular complexity index is 267. The van der Waals surface area contributed by atoms with E-state index in [2.05, 4.69) is 36.0 Å². The summed E-state index contributed by atoms with van der Waals surface area (Å²) in [7, 11) is 2.33. The van der Waals surface area contributed by atoms with Crippen LogP contribution in [0.25, 0.3) is 0 Å². The predicted octanol–water partition coefficient (Wildman–Crippen LogP) is 2.57. The highest BCUT2D eigenvalue weighted by Gasteiger charge is 2.33. The molecule has 2 saturated heterocycles. The maximum Gasteiger partial charge on any atom is 0.0145 e. The molecule has 1 N–H and O–H groups in total. The van der Waals surface area contributed by atoms with Crippen LogP contribution in [0.3, 0.4) is 0 Å². The van der Waals surface area contributed by atoms with Crippen LogP contribution in [0.15, 0.2) is 0 Å². The van der Waals surface area contributed by atoms with Crippen molar-refractivity contribution in [1.82, 2.24) is 15.1 Å². The van der Waals surface area contributed by atoms with Crippen molar-refractivity contribution in [3.05, 3.63) is 0 Å². The molecule has 0 aromatic heterocycles. The molecule has 2 heterocycles. The van der Waals surface area contributed by atoms with Crippen LogP contribution in [-0.4, -0.2) is 61.7 Å². The third-order valence-electron chi connectivity index (χ3n) is 5.13. The van der Waals surface area contributed by atoms with E-state index in [1.54, 1.807) is 0 Å². The summed E-state index contributed by atoms with van der Waals surface area (Å²) in [5.74, 6) is 0.949. The first-order valence-corrected chi connectivity index (χ1v) is 8.83. The van der Waals surface area contributed by atoms with Crippen molar-refractivity contribution < 1.29 is 0 Å². The van der Waals surface area contributed by atoms with Gasteiger partial charge in [-0.2, -0.15) is 0 Å². The van der Waals surface area contributed by atoms with Crippen molar-refractivity contribution >= 4 is 0 Å². The highest BCUT2D eigenvalue weighted by Crippen LogP contribution is 2.29. The molecule has 118 valence electrons. The number of hydrogen-bond acceptors (Lipinski definition) is 3. The Balaban J connectivity index is 1.56. The minimum absolute atomic E-state index is 0.636. The Labute approximate surface area is 126 Å². The Morgan fingerprint density at radius 2 is 1.95 bits per heavy atom. The Morgan fingerprint density at radius 3 is 2.75 bits per heavy atom. The summed E-state index contributed by atoms with van der Waals surface area (Å²) in [5, 5.41) is 3.51. The van der Waals surface area contributed by atoms with E-state index in [0.717, 1.165) is 12.0 Å². The number of nitrogens with one attached hydrogen (secondary N) is 1. The molecule has 2 atom stereocenters. The van der Waals surface area contributed by atoms with Gasteiger partial charge in [-0.15, -0.1) is 0 Å². The van der Waals surface area contributed by atoms with Crippen molar-refractivity contribution in [2.75, 3.05) is 39.8 Å². The molecular formula is C17H35N3. The number of hydrogen-bond donors (Lipinski definition) is 1. The van der Waals surface area contributed by atoms with Crippen LogP contribution >= 0.6 is 0 Å². The Hall–Kier alpha value is -0.120. The van der Waals surface area contributed by atoms with Crippen molar-refractivity contribution in [1.29, 1.82) is 0 Å². The maximum atomic E-state index is 3.51. The number of unbranched alkanes of at least 4 members (excludes halogenated alkanes) is 2. The molecule has 0 aromatic rings. The standard InChI is InChI=1S/C17H35N3/c1-15(2)18-10-5-4-6-12-20-13-9-17-16(14-20)8-7-11-19(17)3/h15-18H,4-14H2,1-3H3. The summed E-state index contributed by atoms with van der Waals surface area (Å²) in [6, 6.07) is 1.52. The molecule has 0 spiro atoms. The van der Waals surface area contributed by atoms with E-state index in [9.17, 15) is 0 Å². The van der Waals surface area contributed by atoms with E-state index >= 15 is 0 Å². The summed E-state index contributed by atoms with van der Waals surface area (Å²) < 4.78 is 0. The normalized spacial score (nSPS) is 28.8. The molecule has 2 aliphatic heterocycles. The average Bonchev–Trinajstić information content (AvgIpc) is 2.42. The summed E-state index contributed by atoms with van der Waals surface area (Å²) in [4.78, 5) is 5.35. The summed E-state index contributed by atoms with van der Waals surface area (Å²) in [6.45, 7) is 11.0. The monoisotopic (exact) mass is 281 g/mol. The van der Waals surface area contributed by atoms with Gasteiger partial charge in [0, 0.05) is 18.6 Å². The molecule has 0 aliphatic carbocycles. The maximum absolute atomic E-state index is 3.51. The second-order valence-corrected chi connectivity index (χ2v) is 7.21. The molecular weight excluding hydrogens is 246 g/mol. The first kappa shape index (κ1) is 16.3. The fourth-order valence-electron chi connectivity index (χ4n) is 3.96. The fourth-order valence-corrected chi connectivity index (χ4v) is 3.96. The lowest BCUT2D eigenvalue weighted by Gasteiger charge is -2.46. The molecule has 2 fully saturated rings. The summed E-state index contributed by atoms with van der Waals surface area (Å²) in [6.07, 6.45) is 8.37. The smallest absolute Gasteiger partial charge is 0.0145 e. The van der Waals surface area contributed by atoms with Crippen LogP contribution < -0.4 is 5.32 Å². The zero-order valence-electron chi connectivity index (χ0n) is 13.9. The lowest BCUT2D eigenvalue weighted by molar-refractivity contribution is 0.0380. The molecule has 3 nitrogen and oxygen atoms in total. The van der Waals surface area contributed by atoms with Gasteiger partial charge in [0.25, 0.3) is 0 Å². The molecule has 2 aliphatic rings. The number of likely N-dealkylation sites (tertiary alicyclic amines) is 2. The van der Waals surface area contributed by atoms with Crippen molar-refractivity contribution in [3.63, 3.8) is 0 Å². The van der Waals surface area contributed by atoms with E-state index in [1.807, 2.05) is 0 Å². The highest BCUT2D eigenvalue weighted by molar-refractivity contribution is 4.89. The van der Waals surface area contributed by atoms with E-state index in [0.29, 0.717) is 6.04 Å². The van der Waals surface area contributed by atoms with Gasteiger partial charge in [-0.1, -0.05) is 20.3 Å². The van der Waals surface area contributed by atoms with Gasteiger partial charge in [0.1, 0.15) is 0 Å². The molecule has 2 unspecified atom stereocenters. The fraction of sp³-hybridized carbons (Fsp3) is 1.00. The van der Waals surface area contributed by atoms with E-state index < -0.39 is 0 Å². The van der Waals surface area contributed by atoms with Gasteiger partial charge >= 0.3 is 0 Å². The third-order valence-corrected chi connectivity index (χ3v) is 5.13. The zero-order valence-corrected chi connectivity index (χ0v) is 13.9. The third kappa shape index (κ3) is 5.01. The van der Waals surface area contributed by atoms with Gasteiger partial charge in [-0.3, -0.25) is 0 Å². The van der Waals surface area contributed by atoms with E-state index in [4.69, 9.17) is 0 Å². The molecule has 3 heteroatoms. The van der Waals surface area contributed by atoms with Gasteiger partial charge in [-0.25, -0.2) is 0 Å². The van der Waals surface area contributed by atoms with Gasteiger partial charge in [-0.05, 0) is 71.2 Å². The lowest BCUT2D eigenvalue weighted by atomic mass is 9.84. The Kier molecular flexibility index (Phi) is 6.79.